The first-order valence-electron chi connectivity index (χ1n) is 8.54. The van der Waals surface area contributed by atoms with Gasteiger partial charge in [-0.1, -0.05) is 30.7 Å². The average Bonchev–Trinajstić information content (AvgIpc) is 2.57. The van der Waals surface area contributed by atoms with Crippen molar-refractivity contribution in [2.24, 2.45) is 0 Å². The van der Waals surface area contributed by atoms with Crippen molar-refractivity contribution in [1.29, 1.82) is 0 Å². The van der Waals surface area contributed by atoms with Crippen LogP contribution >= 0.6 is 11.6 Å². The molecule has 1 unspecified atom stereocenters. The monoisotopic (exact) mass is 378 g/mol. The largest absolute Gasteiger partial charge is 0.479 e. The number of aromatic amines is 1. The Morgan fingerprint density at radius 3 is 2.73 bits per heavy atom. The van der Waals surface area contributed by atoms with Crippen LogP contribution in [0.4, 0.5) is 10.1 Å². The van der Waals surface area contributed by atoms with Crippen LogP contribution in [0.25, 0.3) is 0 Å². The van der Waals surface area contributed by atoms with Gasteiger partial charge in [-0.15, -0.1) is 0 Å². The predicted molar refractivity (Wildman–Crippen MR) is 105 cm³/mol. The SMILES string of the molecule is CCC=CC(C)Nc1ccc(OC(C)(C)c2[nH]c(=O)ccc2Cl)c(F)c1. The van der Waals surface area contributed by atoms with Gasteiger partial charge in [0.05, 0.1) is 10.7 Å². The first-order valence-corrected chi connectivity index (χ1v) is 8.92. The third kappa shape index (κ3) is 5.11. The molecular weight excluding hydrogens is 355 g/mol. The Morgan fingerprint density at radius 2 is 2.08 bits per heavy atom. The van der Waals surface area contributed by atoms with Crippen molar-refractivity contribution in [2.45, 2.75) is 45.8 Å². The van der Waals surface area contributed by atoms with Crippen molar-refractivity contribution in [2.75, 3.05) is 5.32 Å². The molecule has 1 aromatic carbocycles. The number of nitrogens with one attached hydrogen (secondary N) is 2. The molecule has 0 aliphatic rings. The van der Waals surface area contributed by atoms with E-state index in [0.717, 1.165) is 6.42 Å². The minimum Gasteiger partial charge on any atom is -0.479 e. The Kier molecular flexibility index (Phi) is 6.48. The van der Waals surface area contributed by atoms with Crippen LogP contribution in [0.1, 0.15) is 39.8 Å². The van der Waals surface area contributed by atoms with Crippen molar-refractivity contribution < 1.29 is 9.13 Å². The molecule has 0 aliphatic carbocycles. The van der Waals surface area contributed by atoms with Crippen LogP contribution in [0.3, 0.4) is 0 Å². The second-order valence-electron chi connectivity index (χ2n) is 6.57. The van der Waals surface area contributed by atoms with E-state index in [-0.39, 0.29) is 17.4 Å². The Bertz CT molecular complexity index is 846. The van der Waals surface area contributed by atoms with E-state index in [1.54, 1.807) is 26.0 Å². The lowest BCUT2D eigenvalue weighted by atomic mass is 10.0. The molecule has 0 bridgehead atoms. The summed E-state index contributed by atoms with van der Waals surface area (Å²) in [6, 6.07) is 7.61. The van der Waals surface area contributed by atoms with E-state index >= 15 is 0 Å². The van der Waals surface area contributed by atoms with Gasteiger partial charge in [-0.25, -0.2) is 4.39 Å². The highest BCUT2D eigenvalue weighted by molar-refractivity contribution is 6.31. The molecule has 4 nitrogen and oxygen atoms in total. The van der Waals surface area contributed by atoms with Gasteiger partial charge < -0.3 is 15.0 Å². The van der Waals surface area contributed by atoms with Crippen molar-refractivity contribution in [3.05, 3.63) is 69.4 Å². The van der Waals surface area contributed by atoms with E-state index in [2.05, 4.69) is 23.3 Å². The van der Waals surface area contributed by atoms with Crippen molar-refractivity contribution in [3.63, 3.8) is 0 Å². The molecule has 1 heterocycles. The molecule has 0 saturated carbocycles. The van der Waals surface area contributed by atoms with E-state index in [1.807, 2.05) is 13.0 Å². The Hall–Kier alpha value is -2.27. The van der Waals surface area contributed by atoms with Crippen LogP contribution in [-0.2, 0) is 5.60 Å². The van der Waals surface area contributed by atoms with Crippen molar-refractivity contribution in [3.8, 4) is 5.75 Å². The van der Waals surface area contributed by atoms with Crippen LogP contribution in [0, 0.1) is 5.82 Å². The number of hydrogen-bond acceptors (Lipinski definition) is 3. The van der Waals surface area contributed by atoms with Gasteiger partial charge in [0.15, 0.2) is 11.6 Å². The van der Waals surface area contributed by atoms with Crippen LogP contribution in [0.5, 0.6) is 5.75 Å². The molecule has 2 N–H and O–H groups in total. The molecule has 0 aliphatic heterocycles. The smallest absolute Gasteiger partial charge is 0.248 e. The first-order chi connectivity index (χ1) is 12.2. The highest BCUT2D eigenvalue weighted by Crippen LogP contribution is 2.32. The lowest BCUT2D eigenvalue weighted by Gasteiger charge is -2.27. The molecule has 2 aromatic rings. The second kappa shape index (κ2) is 8.41. The zero-order chi connectivity index (χ0) is 19.3. The van der Waals surface area contributed by atoms with Crippen LogP contribution < -0.4 is 15.6 Å². The highest BCUT2D eigenvalue weighted by atomic mass is 35.5. The van der Waals surface area contributed by atoms with Gasteiger partial charge in [-0.2, -0.15) is 0 Å². The number of H-pyrrole nitrogens is 1. The quantitative estimate of drug-likeness (QED) is 0.647. The van der Waals surface area contributed by atoms with Gasteiger partial charge in [0.2, 0.25) is 5.56 Å². The minimum atomic E-state index is -1.01. The van der Waals surface area contributed by atoms with Crippen molar-refractivity contribution in [1.82, 2.24) is 4.98 Å². The molecule has 2 rings (SSSR count). The number of ether oxygens (including phenoxy) is 1. The van der Waals surface area contributed by atoms with E-state index in [0.29, 0.717) is 16.4 Å². The summed E-state index contributed by atoms with van der Waals surface area (Å²) in [5.74, 6) is -0.415. The summed E-state index contributed by atoms with van der Waals surface area (Å²) in [6.07, 6.45) is 5.03. The van der Waals surface area contributed by atoms with E-state index in [4.69, 9.17) is 16.3 Å². The summed E-state index contributed by atoms with van der Waals surface area (Å²) in [5, 5.41) is 3.56. The normalized spacial score (nSPS) is 13.0. The number of halogens is 2. The fourth-order valence-corrected chi connectivity index (χ4v) is 2.88. The second-order valence-corrected chi connectivity index (χ2v) is 6.98. The number of pyridine rings is 1. The van der Waals surface area contributed by atoms with Gasteiger partial charge in [-0.3, -0.25) is 4.79 Å². The molecule has 6 heteroatoms. The third-order valence-corrected chi connectivity index (χ3v) is 4.14. The Balaban J connectivity index is 2.20. The zero-order valence-electron chi connectivity index (χ0n) is 15.4. The van der Waals surface area contributed by atoms with E-state index in [1.165, 1.54) is 18.2 Å². The van der Waals surface area contributed by atoms with Crippen LogP contribution in [-0.4, -0.2) is 11.0 Å². The van der Waals surface area contributed by atoms with Gasteiger partial charge in [0, 0.05) is 23.9 Å². The molecule has 1 atom stereocenters. The van der Waals surface area contributed by atoms with Crippen LogP contribution in [0.2, 0.25) is 5.02 Å². The molecular formula is C20H24ClFN2O2. The molecule has 1 aromatic heterocycles. The van der Waals surface area contributed by atoms with Crippen LogP contribution in [0.15, 0.2) is 47.3 Å². The standard InChI is InChI=1S/C20H24ClFN2O2/c1-5-6-7-13(2)23-14-8-10-17(16(22)12-14)26-20(3,4)19-15(21)9-11-18(25)24-19/h6-13,23H,5H2,1-4H3,(H,24,25). The topological polar surface area (TPSA) is 54.1 Å². The summed E-state index contributed by atoms with van der Waals surface area (Å²) >= 11 is 6.15. The lowest BCUT2D eigenvalue weighted by molar-refractivity contribution is 0.0978. The molecule has 0 saturated heterocycles. The summed E-state index contributed by atoms with van der Waals surface area (Å²) in [4.78, 5) is 14.2. The molecule has 0 spiro atoms. The van der Waals surface area contributed by atoms with Gasteiger partial charge >= 0.3 is 0 Å². The number of rotatable bonds is 7. The maximum Gasteiger partial charge on any atom is 0.248 e. The fourth-order valence-electron chi connectivity index (χ4n) is 2.55. The fraction of sp³-hybridized carbons (Fsp3) is 0.350. The number of benzene rings is 1. The molecule has 140 valence electrons. The zero-order valence-corrected chi connectivity index (χ0v) is 16.2. The average molecular weight is 379 g/mol. The summed E-state index contributed by atoms with van der Waals surface area (Å²) in [6.45, 7) is 7.48. The Morgan fingerprint density at radius 1 is 1.35 bits per heavy atom. The van der Waals surface area contributed by atoms with Gasteiger partial charge in [-0.05, 0) is 45.4 Å². The summed E-state index contributed by atoms with van der Waals surface area (Å²) < 4.78 is 20.3. The molecule has 0 amide bonds. The molecule has 0 radical (unpaired) electrons. The number of aromatic nitrogens is 1. The van der Waals surface area contributed by atoms with Gasteiger partial charge in [0.1, 0.15) is 5.60 Å². The number of hydrogen-bond donors (Lipinski definition) is 2. The van der Waals surface area contributed by atoms with E-state index < -0.39 is 11.4 Å². The number of anilines is 1. The van der Waals surface area contributed by atoms with Crippen molar-refractivity contribution >= 4 is 17.3 Å². The molecule has 26 heavy (non-hydrogen) atoms. The summed E-state index contributed by atoms with van der Waals surface area (Å²) in [7, 11) is 0. The minimum absolute atomic E-state index is 0.0815. The Labute approximate surface area is 158 Å². The maximum atomic E-state index is 14.5. The summed E-state index contributed by atoms with van der Waals surface area (Å²) in [5.41, 5.74) is -0.251. The first kappa shape index (κ1) is 20.0. The molecule has 0 fully saturated rings. The predicted octanol–water partition coefficient (Wildman–Crippen LogP) is 5.25. The number of allylic oxidation sites excluding steroid dienone is 1. The van der Waals surface area contributed by atoms with Gasteiger partial charge in [0.25, 0.3) is 0 Å². The highest BCUT2D eigenvalue weighted by Gasteiger charge is 2.28. The third-order valence-electron chi connectivity index (χ3n) is 3.82. The lowest BCUT2D eigenvalue weighted by Crippen LogP contribution is -2.29. The van der Waals surface area contributed by atoms with E-state index in [9.17, 15) is 9.18 Å². The maximum absolute atomic E-state index is 14.5.